The van der Waals surface area contributed by atoms with Gasteiger partial charge in [-0.15, -0.1) is 0 Å². The Balaban J connectivity index is 1.51. The lowest BCUT2D eigenvalue weighted by Gasteiger charge is -2.33. The van der Waals surface area contributed by atoms with E-state index in [4.69, 9.17) is 33.2 Å². The molecule has 2 aromatic rings. The predicted molar refractivity (Wildman–Crippen MR) is 159 cm³/mol. The molecule has 0 saturated carbocycles. The Hall–Kier alpha value is -4.15. The average Bonchev–Trinajstić information content (AvgIpc) is 3.05. The van der Waals surface area contributed by atoms with Crippen molar-refractivity contribution in [2.75, 3.05) is 55.8 Å². The van der Waals surface area contributed by atoms with Crippen molar-refractivity contribution >= 4 is 17.7 Å². The second kappa shape index (κ2) is 16.5. The van der Waals surface area contributed by atoms with Crippen molar-refractivity contribution < 1.29 is 47.5 Å². The molecule has 1 amide bonds. The van der Waals surface area contributed by atoms with Gasteiger partial charge in [-0.2, -0.15) is 0 Å². The van der Waals surface area contributed by atoms with Crippen LogP contribution >= 0.6 is 0 Å². The number of ketones is 1. The minimum atomic E-state index is -0.799. The van der Waals surface area contributed by atoms with E-state index >= 15 is 0 Å². The summed E-state index contributed by atoms with van der Waals surface area (Å²) in [6.07, 6.45) is 6.23. The number of amides is 1. The maximum absolute atomic E-state index is 13.3. The molecule has 0 radical (unpaired) electrons. The number of nitrogens with zero attached hydrogens (tertiary/aromatic N) is 1. The van der Waals surface area contributed by atoms with Crippen LogP contribution in [-0.4, -0.2) is 84.4 Å². The van der Waals surface area contributed by atoms with Crippen LogP contribution in [0.5, 0.6) is 34.5 Å². The van der Waals surface area contributed by atoms with E-state index in [1.54, 1.807) is 21.3 Å². The topological polar surface area (TPSA) is 119 Å². The number of hydrogen-bond acceptors (Lipinski definition) is 10. The van der Waals surface area contributed by atoms with E-state index in [9.17, 15) is 14.4 Å². The van der Waals surface area contributed by atoms with Crippen LogP contribution in [0.1, 0.15) is 60.9 Å². The molecule has 236 valence electrons. The van der Waals surface area contributed by atoms with Crippen LogP contribution in [0, 0.1) is 0 Å². The van der Waals surface area contributed by atoms with Gasteiger partial charge in [0.15, 0.2) is 23.0 Å². The number of carbonyl (C=O) groups excluding carboxylic acids is 3. The van der Waals surface area contributed by atoms with E-state index in [0.29, 0.717) is 48.8 Å². The lowest BCUT2D eigenvalue weighted by molar-refractivity contribution is -0.155. The van der Waals surface area contributed by atoms with Gasteiger partial charge in [0.05, 0.1) is 49.3 Å². The van der Waals surface area contributed by atoms with Crippen molar-refractivity contribution in [1.82, 2.24) is 4.90 Å². The second-order valence-electron chi connectivity index (χ2n) is 10.1. The number of benzene rings is 2. The van der Waals surface area contributed by atoms with Crippen molar-refractivity contribution in [2.45, 2.75) is 57.4 Å². The molecule has 1 unspecified atom stereocenters. The molecule has 0 aromatic heterocycles. The van der Waals surface area contributed by atoms with Crippen molar-refractivity contribution in [2.24, 2.45) is 0 Å². The third-order valence-corrected chi connectivity index (χ3v) is 7.49. The van der Waals surface area contributed by atoms with Crippen molar-refractivity contribution in [3.05, 3.63) is 35.4 Å². The molecule has 1 aliphatic rings. The molecule has 1 fully saturated rings. The van der Waals surface area contributed by atoms with Gasteiger partial charge in [-0.25, -0.2) is 4.79 Å². The lowest BCUT2D eigenvalue weighted by atomic mass is 10.00. The molecule has 1 heterocycles. The first-order valence-electron chi connectivity index (χ1n) is 14.4. The van der Waals surface area contributed by atoms with Crippen molar-refractivity contribution in [3.8, 4) is 34.5 Å². The Morgan fingerprint density at radius 2 is 1.23 bits per heavy atom. The van der Waals surface area contributed by atoms with Crippen LogP contribution in [0.25, 0.3) is 0 Å². The molecule has 0 N–H and O–H groups in total. The molecule has 0 bridgehead atoms. The highest BCUT2D eigenvalue weighted by Crippen LogP contribution is 2.39. The predicted octanol–water partition coefficient (Wildman–Crippen LogP) is 4.65. The summed E-state index contributed by atoms with van der Waals surface area (Å²) in [5.41, 5.74) is 1.17. The Kier molecular flexibility index (Phi) is 12.8. The highest BCUT2D eigenvalue weighted by Gasteiger charge is 2.37. The first-order chi connectivity index (χ1) is 20.8. The number of piperidine rings is 1. The summed E-state index contributed by atoms with van der Waals surface area (Å²) in [6, 6.07) is 5.97. The zero-order valence-corrected chi connectivity index (χ0v) is 26.0. The van der Waals surface area contributed by atoms with Gasteiger partial charge >= 0.3 is 5.97 Å². The number of carbonyl (C=O) groups is 3. The fourth-order valence-corrected chi connectivity index (χ4v) is 5.22. The third kappa shape index (κ3) is 8.24. The normalized spacial score (nSPS) is 14.5. The van der Waals surface area contributed by atoms with Crippen LogP contribution in [0.3, 0.4) is 0 Å². The number of esters is 1. The Labute approximate surface area is 253 Å². The molecule has 1 atom stereocenters. The Bertz CT molecular complexity index is 1210. The van der Waals surface area contributed by atoms with Crippen LogP contribution in [0.15, 0.2) is 24.3 Å². The minimum absolute atomic E-state index is 0.0868. The molecule has 0 spiro atoms. The smallest absolute Gasteiger partial charge is 0.328 e. The zero-order chi connectivity index (χ0) is 31.4. The van der Waals surface area contributed by atoms with Gasteiger partial charge in [-0.05, 0) is 68.4 Å². The summed E-state index contributed by atoms with van der Waals surface area (Å²) in [4.78, 5) is 40.8. The Morgan fingerprint density at radius 3 is 1.77 bits per heavy atom. The number of Topliss-reactive ketones (excluding diaryl/α,β-unsaturated/α-hetero) is 1. The van der Waals surface area contributed by atoms with Gasteiger partial charge in [0.1, 0.15) is 6.04 Å². The maximum atomic E-state index is 13.3. The molecule has 3 rings (SSSR count). The largest absolute Gasteiger partial charge is 0.493 e. The summed E-state index contributed by atoms with van der Waals surface area (Å²) in [6.45, 7) is 0.554. The Morgan fingerprint density at radius 1 is 0.698 bits per heavy atom. The third-order valence-electron chi connectivity index (χ3n) is 7.49. The highest BCUT2D eigenvalue weighted by molar-refractivity contribution is 6.43. The highest BCUT2D eigenvalue weighted by atomic mass is 16.5. The minimum Gasteiger partial charge on any atom is -0.493 e. The molecular weight excluding hydrogens is 558 g/mol. The molecule has 1 saturated heterocycles. The molecule has 43 heavy (non-hydrogen) atoms. The average molecular weight is 602 g/mol. The number of rotatable bonds is 16. The molecule has 11 nitrogen and oxygen atoms in total. The number of methoxy groups -OCH3 is 6. The van der Waals surface area contributed by atoms with E-state index in [-0.39, 0.29) is 23.7 Å². The number of aryl methyl sites for hydroxylation is 1. The molecular formula is C32H43NO10. The number of likely N-dealkylation sites (tertiary alicyclic amines) is 1. The van der Waals surface area contributed by atoms with Gasteiger partial charge in [0.2, 0.25) is 11.5 Å². The standard InChI is InChI=1S/C32H43NO10/c1-37-24-17-21(18-25(38-2)29(24)41-5)13-9-7-8-12-16-43-32(36)23-14-10-11-15-33(23)31(35)28(34)22-19-26(39-3)30(42-6)27(20-22)40-4/h17-20,23H,7-16H2,1-6H3. The summed E-state index contributed by atoms with van der Waals surface area (Å²) in [7, 11) is 9.08. The molecule has 2 aromatic carbocycles. The van der Waals surface area contributed by atoms with E-state index in [1.165, 1.54) is 38.4 Å². The van der Waals surface area contributed by atoms with Crippen molar-refractivity contribution in [1.29, 1.82) is 0 Å². The first-order valence-corrected chi connectivity index (χ1v) is 14.4. The summed E-state index contributed by atoms with van der Waals surface area (Å²) < 4.78 is 37.7. The van der Waals surface area contributed by atoms with E-state index in [2.05, 4.69) is 0 Å². The monoisotopic (exact) mass is 601 g/mol. The van der Waals surface area contributed by atoms with E-state index < -0.39 is 23.7 Å². The zero-order valence-electron chi connectivity index (χ0n) is 26.0. The van der Waals surface area contributed by atoms with E-state index in [0.717, 1.165) is 37.7 Å². The van der Waals surface area contributed by atoms with Gasteiger partial charge in [-0.1, -0.05) is 12.8 Å². The maximum Gasteiger partial charge on any atom is 0.328 e. The lowest BCUT2D eigenvalue weighted by Crippen LogP contribution is -2.51. The molecule has 1 aliphatic heterocycles. The fraction of sp³-hybridized carbons (Fsp3) is 0.531. The van der Waals surface area contributed by atoms with Crippen LogP contribution in [-0.2, 0) is 20.7 Å². The van der Waals surface area contributed by atoms with Crippen LogP contribution in [0.2, 0.25) is 0 Å². The van der Waals surface area contributed by atoms with Crippen molar-refractivity contribution in [3.63, 3.8) is 0 Å². The SMILES string of the molecule is COc1cc(CCCCCCOC(=O)C2CCCCN2C(=O)C(=O)c2cc(OC)c(OC)c(OC)c2)cc(OC)c1OC. The number of ether oxygens (including phenoxy) is 7. The molecule has 11 heteroatoms. The number of unbranched alkanes of at least 4 members (excludes halogenated alkanes) is 3. The van der Waals surface area contributed by atoms with Gasteiger partial charge in [0.25, 0.3) is 11.7 Å². The summed E-state index contributed by atoms with van der Waals surface area (Å²) in [5.74, 6) is 0.659. The quantitative estimate of drug-likeness (QED) is 0.116. The summed E-state index contributed by atoms with van der Waals surface area (Å²) in [5, 5.41) is 0. The van der Waals surface area contributed by atoms with Gasteiger partial charge < -0.3 is 38.1 Å². The van der Waals surface area contributed by atoms with Gasteiger partial charge in [-0.3, -0.25) is 9.59 Å². The summed E-state index contributed by atoms with van der Waals surface area (Å²) >= 11 is 0. The van der Waals surface area contributed by atoms with E-state index in [1.807, 2.05) is 12.1 Å². The van der Waals surface area contributed by atoms with Crippen LogP contribution < -0.4 is 28.4 Å². The number of hydrogen-bond donors (Lipinski definition) is 0. The van der Waals surface area contributed by atoms with Crippen LogP contribution in [0.4, 0.5) is 0 Å². The second-order valence-corrected chi connectivity index (χ2v) is 10.1. The molecule has 0 aliphatic carbocycles. The fourth-order valence-electron chi connectivity index (χ4n) is 5.22. The van der Waals surface area contributed by atoms with Gasteiger partial charge in [0, 0.05) is 12.1 Å². The first kappa shape index (κ1) is 33.4.